The Kier molecular flexibility index (Phi) is 9.02. The molecule has 2 bridgehead atoms. The number of hydrogen-bond acceptors (Lipinski definition) is 10. The average molecular weight is 770 g/mol. The van der Waals surface area contributed by atoms with Gasteiger partial charge in [0.1, 0.15) is 45.4 Å². The first kappa shape index (κ1) is 36.4. The third-order valence-electron chi connectivity index (χ3n) is 11.5. The largest absolute Gasteiger partial charge is 0.497 e. The number of ether oxygens (including phenoxy) is 4. The number of furan rings is 1. The number of rotatable bonds is 8. The molecule has 13 nitrogen and oxygen atoms in total. The zero-order valence-corrected chi connectivity index (χ0v) is 31.8. The summed E-state index contributed by atoms with van der Waals surface area (Å²) < 4.78 is 30.8. The molecule has 14 heteroatoms. The van der Waals surface area contributed by atoms with Crippen LogP contribution in [0, 0.1) is 11.8 Å². The van der Waals surface area contributed by atoms with E-state index < -0.39 is 35.0 Å². The van der Waals surface area contributed by atoms with Gasteiger partial charge in [-0.15, -0.1) is 0 Å². The lowest BCUT2D eigenvalue weighted by Gasteiger charge is -2.43. The van der Waals surface area contributed by atoms with E-state index in [0.29, 0.717) is 36.7 Å². The summed E-state index contributed by atoms with van der Waals surface area (Å²) in [5.41, 5.74) is -0.223. The fraction of sp³-hybridized carbons (Fsp3) is 0.390. The summed E-state index contributed by atoms with van der Waals surface area (Å²) in [5.74, 6) is -1.12. The van der Waals surface area contributed by atoms with Gasteiger partial charge in [-0.2, -0.15) is 0 Å². The maximum absolute atomic E-state index is 14.9. The second-order valence-electron chi connectivity index (χ2n) is 14.7. The van der Waals surface area contributed by atoms with Crippen LogP contribution in [-0.4, -0.2) is 78.9 Å². The van der Waals surface area contributed by atoms with Gasteiger partial charge in [0.05, 0.1) is 33.3 Å². The zero-order valence-electron chi connectivity index (χ0n) is 31.0. The first-order valence-corrected chi connectivity index (χ1v) is 18.6. The number of piperidine rings is 1. The topological polar surface area (TPSA) is 156 Å². The third kappa shape index (κ3) is 5.70. The molecule has 1 saturated heterocycles. The maximum atomic E-state index is 14.9. The number of nitrogens with one attached hydrogen (secondary N) is 1. The van der Waals surface area contributed by atoms with Gasteiger partial charge >= 0.3 is 0 Å². The highest BCUT2D eigenvalue weighted by molar-refractivity contribution is 6.36. The molecule has 5 heterocycles. The van der Waals surface area contributed by atoms with E-state index in [1.54, 1.807) is 66.8 Å². The quantitative estimate of drug-likeness (QED) is 0.246. The normalized spacial score (nSPS) is 22.7. The Morgan fingerprint density at radius 2 is 1.69 bits per heavy atom. The molecule has 5 unspecified atom stereocenters. The second-order valence-corrected chi connectivity index (χ2v) is 15.1. The Morgan fingerprint density at radius 1 is 0.964 bits per heavy atom. The fourth-order valence-corrected chi connectivity index (χ4v) is 9.11. The Balaban J connectivity index is 1.11. The molecule has 4 aromatic rings. The van der Waals surface area contributed by atoms with E-state index in [9.17, 15) is 24.0 Å². The molecule has 5 atom stereocenters. The Bertz CT molecular complexity index is 2330. The minimum absolute atomic E-state index is 0.0149. The lowest BCUT2D eigenvalue weighted by atomic mass is 9.70. The molecule has 0 radical (unpaired) electrons. The minimum Gasteiger partial charge on any atom is -0.497 e. The number of Topliss-reactive ketones (excluding diaryl/α,β-unsaturated/α-hetero) is 2. The summed E-state index contributed by atoms with van der Waals surface area (Å²) >= 11 is 6.65. The van der Waals surface area contributed by atoms with E-state index >= 15 is 0 Å². The number of ketones is 2. The van der Waals surface area contributed by atoms with Crippen molar-refractivity contribution < 1.29 is 42.5 Å². The Hall–Kier alpha value is -5.56. The number of carbonyl (C=O) groups excluding carboxylic acids is 4. The molecule has 1 N–H and O–H groups in total. The SMILES string of the molecule is COc1ccc(-c2oc3c(c2CC(=O)NC(C)C(=O)N2CC4CC(C2)c2cccc(=O)n2C4)C(=O)C2(Oc4c(Cl)c(OC)cc(OC)c4C2=O)C(C)C3)cc1. The summed E-state index contributed by atoms with van der Waals surface area (Å²) in [6.07, 6.45) is 0.671. The summed E-state index contributed by atoms with van der Waals surface area (Å²) in [4.78, 5) is 71.4. The average Bonchev–Trinajstić information content (AvgIpc) is 3.69. The molecule has 1 spiro atoms. The van der Waals surface area contributed by atoms with Gasteiger partial charge in [-0.05, 0) is 49.6 Å². The van der Waals surface area contributed by atoms with E-state index in [-0.39, 0.29) is 80.9 Å². The van der Waals surface area contributed by atoms with Crippen molar-refractivity contribution in [3.05, 3.63) is 92.1 Å². The van der Waals surface area contributed by atoms with Crippen LogP contribution in [0.15, 0.2) is 57.7 Å². The number of methoxy groups -OCH3 is 3. The van der Waals surface area contributed by atoms with Crippen LogP contribution in [0.4, 0.5) is 0 Å². The smallest absolute Gasteiger partial charge is 0.250 e. The monoisotopic (exact) mass is 769 g/mol. The lowest BCUT2D eigenvalue weighted by Crippen LogP contribution is -2.56. The minimum atomic E-state index is -2.02. The number of carbonyl (C=O) groups is 4. The van der Waals surface area contributed by atoms with Crippen LogP contribution < -0.4 is 29.8 Å². The summed E-state index contributed by atoms with van der Waals surface area (Å²) in [6, 6.07) is 12.8. The molecule has 0 saturated carbocycles. The number of amides is 2. The number of aromatic nitrogens is 1. The number of benzene rings is 2. The van der Waals surface area contributed by atoms with Gasteiger partial charge in [-0.1, -0.05) is 24.6 Å². The van der Waals surface area contributed by atoms with Gasteiger partial charge in [0.15, 0.2) is 5.75 Å². The van der Waals surface area contributed by atoms with Gasteiger partial charge in [-0.25, -0.2) is 0 Å². The van der Waals surface area contributed by atoms with Crippen molar-refractivity contribution in [2.45, 2.75) is 57.2 Å². The molecule has 286 valence electrons. The molecule has 3 aliphatic heterocycles. The number of likely N-dealkylation sites (tertiary alicyclic amines) is 1. The third-order valence-corrected chi connectivity index (χ3v) is 11.8. The van der Waals surface area contributed by atoms with Crippen molar-refractivity contribution in [1.29, 1.82) is 0 Å². The van der Waals surface area contributed by atoms with E-state index in [1.165, 1.54) is 20.3 Å². The molecule has 8 rings (SSSR count). The highest BCUT2D eigenvalue weighted by atomic mass is 35.5. The number of nitrogens with zero attached hydrogens (tertiary/aromatic N) is 2. The fourth-order valence-electron chi connectivity index (χ4n) is 8.84. The van der Waals surface area contributed by atoms with Gasteiger partial charge in [-0.3, -0.25) is 24.0 Å². The van der Waals surface area contributed by atoms with Crippen molar-refractivity contribution in [2.75, 3.05) is 34.4 Å². The van der Waals surface area contributed by atoms with Gasteiger partial charge in [0.25, 0.3) is 5.56 Å². The van der Waals surface area contributed by atoms with Crippen molar-refractivity contribution >= 4 is 35.0 Å². The van der Waals surface area contributed by atoms with Gasteiger partial charge in [0.2, 0.25) is 29.0 Å². The summed E-state index contributed by atoms with van der Waals surface area (Å²) in [6.45, 7) is 4.80. The standard InChI is InChI=1S/C41H40ClN3O10/c1-20-13-29-33(38(48)41(20)39(49)34-28(52-4)16-30(53-5)35(42)37(34)55-41)26(36(54-29)23-9-11-25(51-3)12-10-23)15-31(46)43-21(2)40(50)44-17-22-14-24(19-44)27-7-6-8-32(47)45(27)18-22/h6-12,16,20-22,24H,13-15,17-19H2,1-5H3,(H,43,46). The van der Waals surface area contributed by atoms with Crippen molar-refractivity contribution in [1.82, 2.24) is 14.8 Å². The molecular formula is C41H40ClN3O10. The highest BCUT2D eigenvalue weighted by Gasteiger charge is 2.63. The van der Waals surface area contributed by atoms with E-state index in [0.717, 1.165) is 12.1 Å². The van der Waals surface area contributed by atoms with Crippen LogP contribution in [0.3, 0.4) is 0 Å². The lowest BCUT2D eigenvalue weighted by molar-refractivity contribution is -0.138. The Morgan fingerprint density at radius 3 is 2.40 bits per heavy atom. The number of pyridine rings is 1. The van der Waals surface area contributed by atoms with Crippen LogP contribution in [0.5, 0.6) is 23.0 Å². The molecule has 2 aromatic heterocycles. The summed E-state index contributed by atoms with van der Waals surface area (Å²) in [7, 11) is 4.35. The molecule has 4 aliphatic rings. The number of hydrogen-bond donors (Lipinski definition) is 1. The molecule has 1 fully saturated rings. The molecule has 55 heavy (non-hydrogen) atoms. The van der Waals surface area contributed by atoms with Crippen LogP contribution in [0.1, 0.15) is 63.9 Å². The zero-order chi connectivity index (χ0) is 38.9. The van der Waals surface area contributed by atoms with Crippen LogP contribution >= 0.6 is 11.6 Å². The molecule has 1 aliphatic carbocycles. The van der Waals surface area contributed by atoms with Gasteiger partial charge < -0.3 is 38.1 Å². The predicted octanol–water partition coefficient (Wildman–Crippen LogP) is 4.87. The summed E-state index contributed by atoms with van der Waals surface area (Å²) in [5, 5.41) is 2.87. The van der Waals surface area contributed by atoms with Crippen molar-refractivity contribution in [3.8, 4) is 34.3 Å². The van der Waals surface area contributed by atoms with E-state index in [4.69, 9.17) is 35.0 Å². The number of halogens is 1. The van der Waals surface area contributed by atoms with Crippen molar-refractivity contribution in [2.24, 2.45) is 11.8 Å². The van der Waals surface area contributed by atoms with E-state index in [2.05, 4.69) is 5.32 Å². The number of fused-ring (bicyclic) bond motifs is 6. The van der Waals surface area contributed by atoms with E-state index in [1.807, 2.05) is 6.07 Å². The maximum Gasteiger partial charge on any atom is 0.250 e. The Labute approximate surface area is 321 Å². The second kappa shape index (κ2) is 13.6. The first-order chi connectivity index (χ1) is 26.4. The molecule has 2 amide bonds. The van der Waals surface area contributed by atoms with Gasteiger partial charge in [0, 0.05) is 66.8 Å². The van der Waals surface area contributed by atoms with Crippen LogP contribution in [0.25, 0.3) is 11.3 Å². The van der Waals surface area contributed by atoms with Crippen LogP contribution in [-0.2, 0) is 29.0 Å². The molecular weight excluding hydrogens is 730 g/mol. The highest BCUT2D eigenvalue weighted by Crippen LogP contribution is 2.54. The predicted molar refractivity (Wildman–Crippen MR) is 200 cm³/mol. The molecule has 2 aromatic carbocycles. The van der Waals surface area contributed by atoms with Crippen molar-refractivity contribution in [3.63, 3.8) is 0 Å². The van der Waals surface area contributed by atoms with Crippen LogP contribution in [0.2, 0.25) is 5.02 Å². The first-order valence-electron chi connectivity index (χ1n) is 18.2.